The zero-order chi connectivity index (χ0) is 21.7. The van der Waals surface area contributed by atoms with Crippen molar-refractivity contribution in [3.8, 4) is 11.3 Å². The highest BCUT2D eigenvalue weighted by atomic mass is 35.5. The second-order valence-electron chi connectivity index (χ2n) is 6.49. The minimum absolute atomic E-state index is 0.0526. The summed E-state index contributed by atoms with van der Waals surface area (Å²) in [4.78, 5) is 8.42. The maximum absolute atomic E-state index is 12.9. The van der Waals surface area contributed by atoms with Gasteiger partial charge in [-0.05, 0) is 29.8 Å². The molecule has 11 heteroatoms. The number of alkyl halides is 3. The number of anilines is 1. The molecule has 4 rings (SSSR count). The largest absolute Gasteiger partial charge is 0.416 e. The molecule has 0 spiro atoms. The fraction of sp³-hybridized carbons (Fsp3) is 0.158. The highest BCUT2D eigenvalue weighted by molar-refractivity contribution is 7.98. The van der Waals surface area contributed by atoms with Gasteiger partial charge in [0.25, 0.3) is 10.0 Å². The number of aromatic nitrogens is 2. The quantitative estimate of drug-likeness (QED) is 0.386. The van der Waals surface area contributed by atoms with Crippen molar-refractivity contribution in [2.45, 2.75) is 22.0 Å². The third-order valence-electron chi connectivity index (χ3n) is 4.55. The Kier molecular flexibility index (Phi) is 5.19. The molecular weight excluding hydrogens is 459 g/mol. The normalized spacial score (nSPS) is 14.9. The first-order valence-corrected chi connectivity index (χ1v) is 11.3. The molecule has 0 aliphatic carbocycles. The summed E-state index contributed by atoms with van der Waals surface area (Å²) in [6, 6.07) is 9.79. The Morgan fingerprint density at radius 2 is 1.93 bits per heavy atom. The van der Waals surface area contributed by atoms with Crippen LogP contribution in [0.15, 0.2) is 58.7 Å². The summed E-state index contributed by atoms with van der Waals surface area (Å²) < 4.78 is 65.4. The van der Waals surface area contributed by atoms with Gasteiger partial charge in [-0.3, -0.25) is 4.31 Å². The van der Waals surface area contributed by atoms with Gasteiger partial charge in [0.1, 0.15) is 4.90 Å². The van der Waals surface area contributed by atoms with Gasteiger partial charge in [0.15, 0.2) is 5.16 Å². The van der Waals surface area contributed by atoms with Gasteiger partial charge in [-0.25, -0.2) is 18.4 Å². The fourth-order valence-electron chi connectivity index (χ4n) is 3.04. The van der Waals surface area contributed by atoms with E-state index >= 15 is 0 Å². The lowest BCUT2D eigenvalue weighted by Gasteiger charge is -2.28. The van der Waals surface area contributed by atoms with Crippen molar-refractivity contribution >= 4 is 39.1 Å². The van der Waals surface area contributed by atoms with Gasteiger partial charge in [0.2, 0.25) is 0 Å². The van der Waals surface area contributed by atoms with Gasteiger partial charge >= 0.3 is 6.18 Å². The number of hydrogen-bond acceptors (Lipinski definition) is 5. The van der Waals surface area contributed by atoms with E-state index in [1.807, 2.05) is 0 Å². The molecule has 0 atom stereocenters. The Morgan fingerprint density at radius 1 is 1.17 bits per heavy atom. The molecule has 156 valence electrons. The molecule has 0 unspecified atom stereocenters. The Bertz CT molecular complexity index is 1250. The SMILES string of the molecule is CN1c2ccc(Cl)cc2-c2nc(SCc3cccc(C(F)(F)F)c3)ncc2S1(=O)=O. The first kappa shape index (κ1) is 21.0. The van der Waals surface area contributed by atoms with E-state index in [1.165, 1.54) is 19.3 Å². The summed E-state index contributed by atoms with van der Waals surface area (Å²) in [6.07, 6.45) is -3.21. The van der Waals surface area contributed by atoms with Crippen molar-refractivity contribution in [2.75, 3.05) is 11.4 Å². The van der Waals surface area contributed by atoms with E-state index in [0.717, 1.165) is 28.2 Å². The van der Waals surface area contributed by atoms with E-state index < -0.39 is 21.8 Å². The molecular formula is C19H13ClF3N3O2S2. The number of hydrogen-bond donors (Lipinski definition) is 0. The zero-order valence-corrected chi connectivity index (χ0v) is 17.7. The van der Waals surface area contributed by atoms with Crippen molar-refractivity contribution in [3.63, 3.8) is 0 Å². The van der Waals surface area contributed by atoms with Crippen molar-refractivity contribution < 1.29 is 21.6 Å². The fourth-order valence-corrected chi connectivity index (χ4v) is 5.27. The van der Waals surface area contributed by atoms with E-state index in [-0.39, 0.29) is 21.5 Å². The van der Waals surface area contributed by atoms with Crippen LogP contribution in [0.3, 0.4) is 0 Å². The molecule has 30 heavy (non-hydrogen) atoms. The Labute approximate surface area is 180 Å². The van der Waals surface area contributed by atoms with Gasteiger partial charge in [-0.15, -0.1) is 0 Å². The van der Waals surface area contributed by atoms with Crippen LogP contribution in [-0.2, 0) is 22.0 Å². The average molecular weight is 472 g/mol. The number of benzene rings is 2. The molecule has 3 aromatic rings. The van der Waals surface area contributed by atoms with Crippen molar-refractivity contribution in [3.05, 3.63) is 64.8 Å². The van der Waals surface area contributed by atoms with Crippen LogP contribution in [0.1, 0.15) is 11.1 Å². The monoisotopic (exact) mass is 471 g/mol. The second kappa shape index (κ2) is 7.44. The van der Waals surface area contributed by atoms with Crippen molar-refractivity contribution in [2.24, 2.45) is 0 Å². The lowest BCUT2D eigenvalue weighted by atomic mass is 10.1. The smallest absolute Gasteiger partial charge is 0.269 e. The van der Waals surface area contributed by atoms with Gasteiger partial charge in [-0.2, -0.15) is 13.2 Å². The number of halogens is 4. The lowest BCUT2D eigenvalue weighted by molar-refractivity contribution is -0.137. The summed E-state index contributed by atoms with van der Waals surface area (Å²) in [5, 5.41) is 0.668. The zero-order valence-electron chi connectivity index (χ0n) is 15.3. The predicted molar refractivity (Wildman–Crippen MR) is 109 cm³/mol. The molecule has 1 aliphatic rings. The van der Waals surface area contributed by atoms with E-state index in [1.54, 1.807) is 24.3 Å². The molecule has 0 saturated carbocycles. The van der Waals surface area contributed by atoms with Crippen LogP contribution < -0.4 is 4.31 Å². The summed E-state index contributed by atoms with van der Waals surface area (Å²) in [5.74, 6) is 0.192. The van der Waals surface area contributed by atoms with Crippen LogP contribution in [0.2, 0.25) is 5.02 Å². The third kappa shape index (κ3) is 3.75. The minimum atomic E-state index is -4.42. The number of sulfonamides is 1. The van der Waals surface area contributed by atoms with Crippen LogP contribution in [0.5, 0.6) is 0 Å². The van der Waals surface area contributed by atoms with E-state index in [2.05, 4.69) is 9.97 Å². The molecule has 0 radical (unpaired) electrons. The Hall–Kier alpha value is -2.30. The van der Waals surface area contributed by atoms with Crippen LogP contribution >= 0.6 is 23.4 Å². The number of fused-ring (bicyclic) bond motifs is 3. The summed E-state index contributed by atoms with van der Waals surface area (Å²) in [6.45, 7) is 0. The highest BCUT2D eigenvalue weighted by Crippen LogP contribution is 2.42. The van der Waals surface area contributed by atoms with E-state index in [0.29, 0.717) is 21.8 Å². The molecule has 0 saturated heterocycles. The van der Waals surface area contributed by atoms with Gasteiger partial charge in [0, 0.05) is 23.4 Å². The molecule has 1 aliphatic heterocycles. The summed E-state index contributed by atoms with van der Waals surface area (Å²) in [5.41, 5.74) is 0.904. The van der Waals surface area contributed by atoms with E-state index in [9.17, 15) is 21.6 Å². The standard InChI is InChI=1S/C19H13ClF3N3O2S2/c1-26-15-6-5-13(20)8-14(15)17-16(30(26,27)28)9-24-18(25-17)29-10-11-3-2-4-12(7-11)19(21,22)23/h2-9H,10H2,1H3. The summed E-state index contributed by atoms with van der Waals surface area (Å²) >= 11 is 7.20. The highest BCUT2D eigenvalue weighted by Gasteiger charge is 2.34. The van der Waals surface area contributed by atoms with Gasteiger partial charge in [-0.1, -0.05) is 41.6 Å². The second-order valence-corrected chi connectivity index (χ2v) is 9.80. The molecule has 2 aromatic carbocycles. The minimum Gasteiger partial charge on any atom is -0.269 e. The van der Waals surface area contributed by atoms with Gasteiger partial charge < -0.3 is 0 Å². The van der Waals surface area contributed by atoms with Crippen LogP contribution in [0.4, 0.5) is 18.9 Å². The Morgan fingerprint density at radius 3 is 2.67 bits per heavy atom. The van der Waals surface area contributed by atoms with Crippen LogP contribution in [0.25, 0.3) is 11.3 Å². The summed E-state index contributed by atoms with van der Waals surface area (Å²) in [7, 11) is -2.39. The van der Waals surface area contributed by atoms with Crippen molar-refractivity contribution in [1.82, 2.24) is 9.97 Å². The first-order chi connectivity index (χ1) is 14.1. The maximum atomic E-state index is 12.9. The van der Waals surface area contributed by atoms with Gasteiger partial charge in [0.05, 0.1) is 23.1 Å². The maximum Gasteiger partial charge on any atom is 0.416 e. The molecule has 0 bridgehead atoms. The third-order valence-corrected chi connectivity index (χ3v) is 7.49. The lowest BCUT2D eigenvalue weighted by Crippen LogP contribution is -2.31. The number of nitrogens with zero attached hydrogens (tertiary/aromatic N) is 3. The average Bonchev–Trinajstić information content (AvgIpc) is 2.70. The molecule has 2 heterocycles. The van der Waals surface area contributed by atoms with Crippen molar-refractivity contribution in [1.29, 1.82) is 0 Å². The Balaban J connectivity index is 1.69. The first-order valence-electron chi connectivity index (χ1n) is 8.52. The van der Waals surface area contributed by atoms with Crippen LogP contribution in [0, 0.1) is 0 Å². The molecule has 5 nitrogen and oxygen atoms in total. The molecule has 0 N–H and O–H groups in total. The molecule has 1 aromatic heterocycles. The topological polar surface area (TPSA) is 63.2 Å². The number of thioether (sulfide) groups is 1. The number of rotatable bonds is 3. The molecule has 0 fully saturated rings. The van der Waals surface area contributed by atoms with E-state index in [4.69, 9.17) is 11.6 Å². The van der Waals surface area contributed by atoms with Crippen LogP contribution in [-0.4, -0.2) is 25.4 Å². The molecule has 0 amide bonds. The predicted octanol–water partition coefficient (Wildman–Crippen LogP) is 5.25.